The number of halogens is 3. The monoisotopic (exact) mass is 438 g/mol. The summed E-state index contributed by atoms with van der Waals surface area (Å²) in [6, 6.07) is 5.92. The Bertz CT molecular complexity index is 743. The first-order valence-electron chi connectivity index (χ1n) is 11.6. The van der Waals surface area contributed by atoms with E-state index in [1.165, 1.54) is 44.5 Å². The molecule has 8 heteroatoms. The highest BCUT2D eigenvalue weighted by Gasteiger charge is 2.32. The predicted octanol–water partition coefficient (Wildman–Crippen LogP) is 3.30. The van der Waals surface area contributed by atoms with Crippen molar-refractivity contribution in [2.75, 3.05) is 63.8 Å². The molecule has 0 aliphatic carbocycles. The number of alkyl halides is 3. The normalized spacial score (nSPS) is 24.0. The van der Waals surface area contributed by atoms with Gasteiger partial charge in [0.05, 0.1) is 12.1 Å². The van der Waals surface area contributed by atoms with Crippen LogP contribution in [0.5, 0.6) is 0 Å². The van der Waals surface area contributed by atoms with Gasteiger partial charge in [0.15, 0.2) is 0 Å². The van der Waals surface area contributed by atoms with Gasteiger partial charge in [-0.25, -0.2) is 0 Å². The topological polar surface area (TPSA) is 30.0 Å². The molecule has 31 heavy (non-hydrogen) atoms. The molecule has 1 amide bonds. The molecule has 1 unspecified atom stereocenters. The van der Waals surface area contributed by atoms with Crippen LogP contribution in [0.1, 0.15) is 37.7 Å². The number of piperidine rings is 1. The van der Waals surface area contributed by atoms with Crippen molar-refractivity contribution >= 4 is 11.6 Å². The second-order valence-electron chi connectivity index (χ2n) is 9.04. The number of rotatable bonds is 5. The zero-order valence-electron chi connectivity index (χ0n) is 18.1. The zero-order chi connectivity index (χ0) is 21.8. The van der Waals surface area contributed by atoms with Crippen LogP contribution in [-0.2, 0) is 11.0 Å². The maximum absolute atomic E-state index is 13.0. The van der Waals surface area contributed by atoms with E-state index in [0.29, 0.717) is 44.5 Å². The SMILES string of the molecule is O=C(CN1CCCC1CN1CCCCC1)N1CCN(c2cccc(C(F)(F)F)c2)CC1. The maximum Gasteiger partial charge on any atom is 0.416 e. The average molecular weight is 439 g/mol. The van der Waals surface area contributed by atoms with Crippen molar-refractivity contribution in [3.63, 3.8) is 0 Å². The van der Waals surface area contributed by atoms with Crippen molar-refractivity contribution < 1.29 is 18.0 Å². The molecule has 0 radical (unpaired) electrons. The van der Waals surface area contributed by atoms with Gasteiger partial charge in [-0.05, 0) is 63.5 Å². The Kier molecular flexibility index (Phi) is 7.06. The molecule has 3 aliphatic rings. The van der Waals surface area contributed by atoms with Crippen molar-refractivity contribution in [2.24, 2.45) is 0 Å². The van der Waals surface area contributed by atoms with Crippen LogP contribution in [0.15, 0.2) is 24.3 Å². The third-order valence-electron chi connectivity index (χ3n) is 6.93. The number of hydrogen-bond acceptors (Lipinski definition) is 4. The number of amides is 1. The summed E-state index contributed by atoms with van der Waals surface area (Å²) in [5.41, 5.74) is -0.0552. The summed E-state index contributed by atoms with van der Waals surface area (Å²) in [5, 5.41) is 0. The van der Waals surface area contributed by atoms with Gasteiger partial charge in [0, 0.05) is 44.5 Å². The minimum atomic E-state index is -4.34. The summed E-state index contributed by atoms with van der Waals surface area (Å²) < 4.78 is 39.0. The molecule has 0 saturated carbocycles. The summed E-state index contributed by atoms with van der Waals surface area (Å²) in [4.78, 5) is 21.6. The van der Waals surface area contributed by atoms with Crippen LogP contribution in [0.25, 0.3) is 0 Å². The van der Waals surface area contributed by atoms with Gasteiger partial charge < -0.3 is 14.7 Å². The molecular formula is C23H33F3N4O. The molecule has 5 nitrogen and oxygen atoms in total. The number of carbonyl (C=O) groups is 1. The van der Waals surface area contributed by atoms with Gasteiger partial charge >= 0.3 is 6.18 Å². The fourth-order valence-corrected chi connectivity index (χ4v) is 5.12. The molecule has 0 spiro atoms. The first-order valence-corrected chi connectivity index (χ1v) is 11.6. The fraction of sp³-hybridized carbons (Fsp3) is 0.696. The maximum atomic E-state index is 13.0. The van der Waals surface area contributed by atoms with E-state index in [1.54, 1.807) is 6.07 Å². The number of nitrogens with zero attached hydrogens (tertiary/aromatic N) is 4. The Hall–Kier alpha value is -1.80. The van der Waals surface area contributed by atoms with E-state index in [2.05, 4.69) is 9.80 Å². The van der Waals surface area contributed by atoms with Crippen molar-refractivity contribution in [1.82, 2.24) is 14.7 Å². The predicted molar refractivity (Wildman–Crippen MR) is 115 cm³/mol. The standard InChI is InChI=1S/C23H33F3N4O/c24-23(25,26)19-6-4-7-20(16-19)28-12-14-29(15-13-28)22(31)18-30-11-5-8-21(30)17-27-9-2-1-3-10-27/h4,6-7,16,21H,1-3,5,8-15,17-18H2. The lowest BCUT2D eigenvalue weighted by molar-refractivity contribution is -0.137. The molecule has 1 aromatic carbocycles. The second kappa shape index (κ2) is 9.77. The van der Waals surface area contributed by atoms with Crippen LogP contribution < -0.4 is 4.90 Å². The first kappa shape index (κ1) is 22.4. The van der Waals surface area contributed by atoms with E-state index < -0.39 is 11.7 Å². The van der Waals surface area contributed by atoms with E-state index in [9.17, 15) is 18.0 Å². The van der Waals surface area contributed by atoms with E-state index in [0.717, 1.165) is 32.0 Å². The highest BCUT2D eigenvalue weighted by atomic mass is 19.4. The third kappa shape index (κ3) is 5.71. The van der Waals surface area contributed by atoms with Crippen molar-refractivity contribution in [2.45, 2.75) is 44.3 Å². The molecule has 0 bridgehead atoms. The van der Waals surface area contributed by atoms with Gasteiger partial charge in [-0.15, -0.1) is 0 Å². The van der Waals surface area contributed by atoms with Crippen molar-refractivity contribution in [3.05, 3.63) is 29.8 Å². The number of benzene rings is 1. The Morgan fingerprint density at radius 1 is 0.935 bits per heavy atom. The highest BCUT2D eigenvalue weighted by molar-refractivity contribution is 5.78. The van der Waals surface area contributed by atoms with Crippen LogP contribution in [0, 0.1) is 0 Å². The molecule has 3 fully saturated rings. The lowest BCUT2D eigenvalue weighted by Gasteiger charge is -2.38. The average Bonchev–Trinajstić information content (AvgIpc) is 3.20. The van der Waals surface area contributed by atoms with Crippen molar-refractivity contribution in [3.8, 4) is 0 Å². The van der Waals surface area contributed by atoms with Crippen LogP contribution >= 0.6 is 0 Å². The van der Waals surface area contributed by atoms with Crippen LogP contribution in [0.2, 0.25) is 0 Å². The Morgan fingerprint density at radius 2 is 1.68 bits per heavy atom. The summed E-state index contributed by atoms with van der Waals surface area (Å²) in [6.07, 6.45) is 1.86. The summed E-state index contributed by atoms with van der Waals surface area (Å²) in [7, 11) is 0. The number of piperazine rings is 1. The molecule has 3 saturated heterocycles. The van der Waals surface area contributed by atoms with E-state index >= 15 is 0 Å². The van der Waals surface area contributed by atoms with E-state index in [1.807, 2.05) is 9.80 Å². The first-order chi connectivity index (χ1) is 14.9. The molecule has 172 valence electrons. The molecule has 3 aliphatic heterocycles. The molecule has 0 N–H and O–H groups in total. The van der Waals surface area contributed by atoms with E-state index in [-0.39, 0.29) is 5.91 Å². The van der Waals surface area contributed by atoms with Crippen LogP contribution in [0.3, 0.4) is 0 Å². The molecule has 4 rings (SSSR count). The molecular weight excluding hydrogens is 405 g/mol. The van der Waals surface area contributed by atoms with Gasteiger partial charge in [0.1, 0.15) is 0 Å². The van der Waals surface area contributed by atoms with Gasteiger partial charge in [-0.3, -0.25) is 9.69 Å². The number of likely N-dealkylation sites (tertiary alicyclic amines) is 2. The Morgan fingerprint density at radius 3 is 2.39 bits per heavy atom. The van der Waals surface area contributed by atoms with Gasteiger partial charge in [-0.1, -0.05) is 12.5 Å². The lowest BCUT2D eigenvalue weighted by Crippen LogP contribution is -2.52. The van der Waals surface area contributed by atoms with Crippen LogP contribution in [0.4, 0.5) is 18.9 Å². The molecule has 0 aromatic heterocycles. The highest BCUT2D eigenvalue weighted by Crippen LogP contribution is 2.32. The lowest BCUT2D eigenvalue weighted by atomic mass is 10.1. The smallest absolute Gasteiger partial charge is 0.368 e. The summed E-state index contributed by atoms with van der Waals surface area (Å²) >= 11 is 0. The largest absolute Gasteiger partial charge is 0.416 e. The fourth-order valence-electron chi connectivity index (χ4n) is 5.12. The quantitative estimate of drug-likeness (QED) is 0.706. The van der Waals surface area contributed by atoms with Gasteiger partial charge in [0.2, 0.25) is 5.91 Å². The zero-order valence-corrected chi connectivity index (χ0v) is 18.1. The number of hydrogen-bond donors (Lipinski definition) is 0. The number of carbonyl (C=O) groups excluding carboxylic acids is 1. The molecule has 3 heterocycles. The van der Waals surface area contributed by atoms with E-state index in [4.69, 9.17) is 0 Å². The second-order valence-corrected chi connectivity index (χ2v) is 9.04. The third-order valence-corrected chi connectivity index (χ3v) is 6.93. The summed E-state index contributed by atoms with van der Waals surface area (Å²) in [5.74, 6) is 0.147. The summed E-state index contributed by atoms with van der Waals surface area (Å²) in [6.45, 7) is 7.09. The minimum absolute atomic E-state index is 0.147. The van der Waals surface area contributed by atoms with Crippen molar-refractivity contribution in [1.29, 1.82) is 0 Å². The Labute approximate surface area is 182 Å². The Balaban J connectivity index is 1.27. The van der Waals surface area contributed by atoms with Crippen LogP contribution in [-0.4, -0.2) is 85.6 Å². The van der Waals surface area contributed by atoms with Gasteiger partial charge in [0.25, 0.3) is 0 Å². The number of anilines is 1. The minimum Gasteiger partial charge on any atom is -0.368 e. The molecule has 1 aromatic rings. The molecule has 1 atom stereocenters. The van der Waals surface area contributed by atoms with Gasteiger partial charge in [-0.2, -0.15) is 13.2 Å².